The molecule has 3 aromatic carbocycles. The van der Waals surface area contributed by atoms with E-state index in [0.717, 1.165) is 46.3 Å². The van der Waals surface area contributed by atoms with Gasteiger partial charge in [0.1, 0.15) is 17.4 Å². The van der Waals surface area contributed by atoms with Crippen molar-refractivity contribution in [3.63, 3.8) is 0 Å². The van der Waals surface area contributed by atoms with Gasteiger partial charge < -0.3 is 25.0 Å². The Kier molecular flexibility index (Phi) is 6.72. The summed E-state index contributed by atoms with van der Waals surface area (Å²) in [6.07, 6.45) is 0.667. The number of halogens is 2. The van der Waals surface area contributed by atoms with E-state index in [9.17, 15) is 18.7 Å². The first-order valence-electron chi connectivity index (χ1n) is 12.1. The van der Waals surface area contributed by atoms with Gasteiger partial charge in [-0.1, -0.05) is 11.8 Å². The molecule has 6 nitrogen and oxygen atoms in total. The third-order valence-electron chi connectivity index (χ3n) is 7.22. The van der Waals surface area contributed by atoms with Gasteiger partial charge in [0.2, 0.25) is 0 Å². The molecule has 3 atom stereocenters. The van der Waals surface area contributed by atoms with Gasteiger partial charge in [0.25, 0.3) is 0 Å². The number of benzene rings is 3. The van der Waals surface area contributed by atoms with E-state index in [-0.39, 0.29) is 30.3 Å². The summed E-state index contributed by atoms with van der Waals surface area (Å²) in [6, 6.07) is 15.2. The number of aliphatic hydroxyl groups is 1. The van der Waals surface area contributed by atoms with Crippen LogP contribution in [-0.4, -0.2) is 49.4 Å². The van der Waals surface area contributed by atoms with Gasteiger partial charge in [-0.2, -0.15) is 0 Å². The number of rotatable bonds is 3. The number of aliphatic hydroxyl groups excluding tert-OH is 1. The number of likely N-dealkylation sites (tertiary alicyclic amines) is 1. The van der Waals surface area contributed by atoms with Crippen LogP contribution in [0.2, 0.25) is 0 Å². The smallest absolute Gasteiger partial charge is 0.322 e. The molecule has 2 heterocycles. The summed E-state index contributed by atoms with van der Waals surface area (Å²) in [5.74, 6) is 5.73. The number of carbonyl (C=O) groups excluding carboxylic acids is 1. The van der Waals surface area contributed by atoms with Crippen LogP contribution < -0.4 is 15.0 Å². The molecule has 1 saturated heterocycles. The van der Waals surface area contributed by atoms with Crippen LogP contribution in [-0.2, 0) is 0 Å². The van der Waals surface area contributed by atoms with Crippen molar-refractivity contribution in [1.82, 2.24) is 4.90 Å². The molecule has 2 N–H and O–H groups in total. The summed E-state index contributed by atoms with van der Waals surface area (Å²) in [5, 5.41) is 12.7. The van der Waals surface area contributed by atoms with Crippen molar-refractivity contribution in [3.8, 4) is 17.6 Å². The molecule has 190 valence electrons. The van der Waals surface area contributed by atoms with Crippen molar-refractivity contribution in [1.29, 1.82) is 0 Å². The molecular formula is C29H27F2N3O3. The summed E-state index contributed by atoms with van der Waals surface area (Å²) in [5.41, 5.74) is 3.22. The Hall–Kier alpha value is -4.09. The molecule has 0 bridgehead atoms. The number of likely N-dealkylation sites (N-methyl/N-ethyl adjacent to an activating group) is 1. The van der Waals surface area contributed by atoms with Crippen molar-refractivity contribution >= 4 is 17.4 Å². The third-order valence-corrected chi connectivity index (χ3v) is 7.22. The molecule has 2 amide bonds. The summed E-state index contributed by atoms with van der Waals surface area (Å²) >= 11 is 0. The second-order valence-electron chi connectivity index (χ2n) is 9.26. The number of anilines is 2. The highest BCUT2D eigenvalue weighted by Crippen LogP contribution is 2.48. The predicted octanol–water partition coefficient (Wildman–Crippen LogP) is 4.78. The van der Waals surface area contributed by atoms with Crippen LogP contribution in [0.5, 0.6) is 5.75 Å². The Bertz CT molecular complexity index is 1380. The van der Waals surface area contributed by atoms with Crippen LogP contribution in [0, 0.1) is 29.4 Å². The van der Waals surface area contributed by atoms with E-state index in [1.165, 1.54) is 0 Å². The van der Waals surface area contributed by atoms with E-state index in [2.05, 4.69) is 17.2 Å². The van der Waals surface area contributed by atoms with Crippen molar-refractivity contribution in [2.45, 2.75) is 18.5 Å². The fraction of sp³-hybridized carbons (Fsp3) is 0.276. The number of carbonyl (C=O) groups is 1. The molecular weight excluding hydrogens is 476 g/mol. The van der Waals surface area contributed by atoms with E-state index < -0.39 is 17.7 Å². The van der Waals surface area contributed by atoms with Crippen LogP contribution in [0.1, 0.15) is 29.2 Å². The van der Waals surface area contributed by atoms with Crippen LogP contribution in [0.3, 0.4) is 0 Å². The Balaban J connectivity index is 1.48. The highest BCUT2D eigenvalue weighted by Gasteiger charge is 2.47. The normalized spacial score (nSPS) is 20.0. The zero-order valence-electron chi connectivity index (χ0n) is 20.5. The lowest BCUT2D eigenvalue weighted by molar-refractivity contribution is 0.168. The minimum absolute atomic E-state index is 0.0320. The summed E-state index contributed by atoms with van der Waals surface area (Å²) < 4.78 is 33.1. The number of amides is 2. The highest BCUT2D eigenvalue weighted by atomic mass is 19.1. The van der Waals surface area contributed by atoms with Crippen molar-refractivity contribution < 1.29 is 23.4 Å². The van der Waals surface area contributed by atoms with Crippen LogP contribution in [0.15, 0.2) is 60.7 Å². The molecule has 2 aliphatic heterocycles. The molecule has 0 radical (unpaired) electrons. The Morgan fingerprint density at radius 3 is 2.54 bits per heavy atom. The van der Waals surface area contributed by atoms with Gasteiger partial charge in [0, 0.05) is 42.4 Å². The van der Waals surface area contributed by atoms with E-state index in [4.69, 9.17) is 4.74 Å². The molecule has 37 heavy (non-hydrogen) atoms. The molecule has 0 spiro atoms. The predicted molar refractivity (Wildman–Crippen MR) is 138 cm³/mol. The van der Waals surface area contributed by atoms with Gasteiger partial charge in [-0.15, -0.1) is 0 Å². The summed E-state index contributed by atoms with van der Waals surface area (Å²) in [7, 11) is 3.55. The lowest BCUT2D eigenvalue weighted by Gasteiger charge is -2.44. The monoisotopic (exact) mass is 503 g/mol. The maximum Gasteiger partial charge on any atom is 0.322 e. The van der Waals surface area contributed by atoms with Crippen molar-refractivity contribution in [2.75, 3.05) is 37.5 Å². The standard InChI is InChI=1S/C29H27F2N3O3/c1-33-26-12-7-19(4-3-18-5-9-21(37-2)10-6-18)15-23(26)28-22(27(33)17-35)13-14-34(28)29(36)32-25-16-20(30)8-11-24(25)31/h5-12,15-16,22,27-28,35H,13-14,17H2,1-2H3,(H,32,36)/t22-,27+,28-/m0/s1. The molecule has 0 aliphatic carbocycles. The molecule has 2 aliphatic rings. The number of fused-ring (bicyclic) bond motifs is 3. The number of hydrogen-bond acceptors (Lipinski definition) is 4. The second kappa shape index (κ2) is 10.1. The number of methoxy groups -OCH3 is 1. The topological polar surface area (TPSA) is 65.0 Å². The van der Waals surface area contributed by atoms with Crippen LogP contribution >= 0.6 is 0 Å². The number of nitrogens with one attached hydrogen (secondary N) is 1. The second-order valence-corrected chi connectivity index (χ2v) is 9.26. The van der Waals surface area contributed by atoms with E-state index >= 15 is 0 Å². The lowest BCUT2D eigenvalue weighted by atomic mass is 9.81. The third kappa shape index (κ3) is 4.70. The highest BCUT2D eigenvalue weighted by molar-refractivity contribution is 5.90. The molecule has 8 heteroatoms. The zero-order chi connectivity index (χ0) is 26.1. The van der Waals surface area contributed by atoms with Gasteiger partial charge in [0.15, 0.2) is 0 Å². The Morgan fingerprint density at radius 1 is 1.08 bits per heavy atom. The van der Waals surface area contributed by atoms with Gasteiger partial charge >= 0.3 is 6.03 Å². The minimum Gasteiger partial charge on any atom is -0.497 e. The fourth-order valence-corrected chi connectivity index (χ4v) is 5.36. The summed E-state index contributed by atoms with van der Waals surface area (Å²) in [4.78, 5) is 17.0. The van der Waals surface area contributed by atoms with E-state index in [1.807, 2.05) is 54.4 Å². The lowest BCUT2D eigenvalue weighted by Crippen LogP contribution is -2.48. The fourth-order valence-electron chi connectivity index (χ4n) is 5.36. The Morgan fingerprint density at radius 2 is 1.81 bits per heavy atom. The molecule has 0 unspecified atom stereocenters. The van der Waals surface area contributed by atoms with E-state index in [0.29, 0.717) is 13.0 Å². The quantitative estimate of drug-likeness (QED) is 0.505. The zero-order valence-corrected chi connectivity index (χ0v) is 20.5. The average Bonchev–Trinajstić information content (AvgIpc) is 3.35. The first kappa shape index (κ1) is 24.6. The molecule has 5 rings (SSSR count). The molecule has 0 aromatic heterocycles. The van der Waals surface area contributed by atoms with Crippen LogP contribution in [0.25, 0.3) is 0 Å². The van der Waals surface area contributed by atoms with Gasteiger partial charge in [-0.25, -0.2) is 13.6 Å². The Labute approximate surface area is 214 Å². The number of urea groups is 1. The van der Waals surface area contributed by atoms with Crippen molar-refractivity contribution in [2.24, 2.45) is 5.92 Å². The average molecular weight is 504 g/mol. The number of nitrogens with zero attached hydrogens (tertiary/aromatic N) is 2. The maximum absolute atomic E-state index is 14.2. The van der Waals surface area contributed by atoms with Crippen LogP contribution in [0.4, 0.5) is 25.0 Å². The molecule has 0 saturated carbocycles. The molecule has 3 aromatic rings. The molecule has 1 fully saturated rings. The minimum atomic E-state index is -0.710. The number of hydrogen-bond donors (Lipinski definition) is 2. The SMILES string of the molecule is COc1ccc(C#Cc2ccc3c(c2)[C@@H]2[C@@H](CCN2C(=O)Nc2cc(F)ccc2F)[C@@H](CO)N3C)cc1. The van der Waals surface area contributed by atoms with Crippen molar-refractivity contribution in [3.05, 3.63) is 89.0 Å². The van der Waals surface area contributed by atoms with Gasteiger partial charge in [-0.05, 0) is 66.6 Å². The first-order chi connectivity index (χ1) is 17.9. The van der Waals surface area contributed by atoms with Gasteiger partial charge in [-0.3, -0.25) is 0 Å². The number of ether oxygens (including phenoxy) is 1. The van der Waals surface area contributed by atoms with E-state index in [1.54, 1.807) is 12.0 Å². The summed E-state index contributed by atoms with van der Waals surface area (Å²) in [6.45, 7) is 0.355. The first-order valence-corrected chi connectivity index (χ1v) is 12.1. The largest absolute Gasteiger partial charge is 0.497 e. The maximum atomic E-state index is 14.2. The van der Waals surface area contributed by atoms with Gasteiger partial charge in [0.05, 0.1) is 31.5 Å².